The van der Waals surface area contributed by atoms with Crippen molar-refractivity contribution in [2.75, 3.05) is 20.3 Å². The summed E-state index contributed by atoms with van der Waals surface area (Å²) in [6.07, 6.45) is 3.39. The van der Waals surface area contributed by atoms with Crippen LogP contribution in [0.1, 0.15) is 5.56 Å². The number of halogens is 1. The maximum Gasteiger partial charge on any atom is 0.165 e. The lowest BCUT2D eigenvalue weighted by Gasteiger charge is -2.19. The third kappa shape index (κ3) is 3.80. The van der Waals surface area contributed by atoms with E-state index in [1.807, 2.05) is 19.3 Å². The molecule has 0 aliphatic carbocycles. The van der Waals surface area contributed by atoms with Crippen LogP contribution >= 0.6 is 0 Å². The van der Waals surface area contributed by atoms with Gasteiger partial charge in [-0.25, -0.2) is 4.39 Å². The molecule has 0 bridgehead atoms. The Labute approximate surface area is 134 Å². The van der Waals surface area contributed by atoms with Crippen LogP contribution in [-0.2, 0) is 18.3 Å². The van der Waals surface area contributed by atoms with Gasteiger partial charge < -0.3 is 19.5 Å². The molecule has 2 heterocycles. The van der Waals surface area contributed by atoms with Gasteiger partial charge in [0, 0.05) is 13.6 Å². The highest BCUT2D eigenvalue weighted by atomic mass is 19.1. The van der Waals surface area contributed by atoms with Crippen molar-refractivity contribution in [2.24, 2.45) is 7.05 Å². The van der Waals surface area contributed by atoms with Crippen molar-refractivity contribution in [3.8, 4) is 11.5 Å². The van der Waals surface area contributed by atoms with E-state index >= 15 is 0 Å². The van der Waals surface area contributed by atoms with Crippen molar-refractivity contribution < 1.29 is 18.6 Å². The number of ether oxygens (including phenoxy) is 3. The highest BCUT2D eigenvalue weighted by molar-refractivity contribution is 5.29. The Morgan fingerprint density at radius 1 is 1.43 bits per heavy atom. The molecule has 0 saturated carbocycles. The number of hydrogen-bond acceptors (Lipinski definition) is 5. The van der Waals surface area contributed by atoms with Crippen LogP contribution in [-0.4, -0.2) is 42.2 Å². The SMILES string of the molecule is COc1ccc(CN[C@H]2COC[C@H]2Oc2cnn(C)c2)cc1F. The molecule has 1 fully saturated rings. The van der Waals surface area contributed by atoms with Crippen LogP contribution in [0.4, 0.5) is 4.39 Å². The average molecular weight is 321 g/mol. The van der Waals surface area contributed by atoms with Crippen molar-refractivity contribution in [1.29, 1.82) is 0 Å². The van der Waals surface area contributed by atoms with E-state index < -0.39 is 0 Å². The maximum absolute atomic E-state index is 13.7. The third-order valence-electron chi connectivity index (χ3n) is 3.78. The number of nitrogens with zero attached hydrogens (tertiary/aromatic N) is 2. The fourth-order valence-electron chi connectivity index (χ4n) is 2.54. The third-order valence-corrected chi connectivity index (χ3v) is 3.78. The summed E-state index contributed by atoms with van der Waals surface area (Å²) in [6, 6.07) is 4.97. The Morgan fingerprint density at radius 3 is 3.00 bits per heavy atom. The van der Waals surface area contributed by atoms with Gasteiger partial charge in [0.15, 0.2) is 17.3 Å². The summed E-state index contributed by atoms with van der Waals surface area (Å²) < 4.78 is 31.7. The molecular weight excluding hydrogens is 301 g/mol. The van der Waals surface area contributed by atoms with E-state index in [4.69, 9.17) is 14.2 Å². The monoisotopic (exact) mass is 321 g/mol. The largest absolute Gasteiger partial charge is 0.494 e. The first-order valence-electron chi connectivity index (χ1n) is 7.44. The topological polar surface area (TPSA) is 57.5 Å². The molecule has 1 N–H and O–H groups in total. The number of rotatable bonds is 6. The molecular formula is C16H20FN3O3. The van der Waals surface area contributed by atoms with Gasteiger partial charge in [0.2, 0.25) is 0 Å². The molecule has 6 nitrogen and oxygen atoms in total. The second-order valence-electron chi connectivity index (χ2n) is 5.50. The van der Waals surface area contributed by atoms with Gasteiger partial charge in [0.1, 0.15) is 6.10 Å². The molecule has 2 atom stereocenters. The van der Waals surface area contributed by atoms with Crippen LogP contribution in [0.2, 0.25) is 0 Å². The molecule has 3 rings (SSSR count). The van der Waals surface area contributed by atoms with Crippen molar-refractivity contribution in [3.63, 3.8) is 0 Å². The zero-order valence-corrected chi connectivity index (χ0v) is 13.2. The first-order valence-corrected chi connectivity index (χ1v) is 7.44. The molecule has 1 saturated heterocycles. The summed E-state index contributed by atoms with van der Waals surface area (Å²) in [5.41, 5.74) is 0.843. The minimum atomic E-state index is -0.363. The van der Waals surface area contributed by atoms with Crippen LogP contribution in [0.5, 0.6) is 11.5 Å². The van der Waals surface area contributed by atoms with Gasteiger partial charge in [-0.05, 0) is 17.7 Å². The number of aromatic nitrogens is 2. The molecule has 2 aromatic rings. The van der Waals surface area contributed by atoms with Crippen LogP contribution < -0.4 is 14.8 Å². The van der Waals surface area contributed by atoms with Crippen molar-refractivity contribution in [1.82, 2.24) is 15.1 Å². The van der Waals surface area contributed by atoms with E-state index in [2.05, 4.69) is 10.4 Å². The fourth-order valence-corrected chi connectivity index (χ4v) is 2.54. The minimum Gasteiger partial charge on any atom is -0.494 e. The molecule has 124 valence electrons. The maximum atomic E-state index is 13.7. The molecule has 1 aromatic heterocycles. The standard InChI is InChI=1S/C16H20FN3O3/c1-20-8-12(7-19-20)23-16-10-22-9-14(16)18-6-11-3-4-15(21-2)13(17)5-11/h3-5,7-8,14,16,18H,6,9-10H2,1-2H3/t14-,16+/m0/s1. The lowest BCUT2D eigenvalue weighted by Crippen LogP contribution is -2.41. The first-order chi connectivity index (χ1) is 11.2. The summed E-state index contributed by atoms with van der Waals surface area (Å²) in [5.74, 6) is 0.596. The second-order valence-corrected chi connectivity index (χ2v) is 5.50. The molecule has 0 amide bonds. The quantitative estimate of drug-likeness (QED) is 0.874. The predicted molar refractivity (Wildman–Crippen MR) is 82.0 cm³/mol. The van der Waals surface area contributed by atoms with E-state index in [0.717, 1.165) is 5.56 Å². The van der Waals surface area contributed by atoms with E-state index in [1.165, 1.54) is 13.2 Å². The number of benzene rings is 1. The van der Waals surface area contributed by atoms with Crippen LogP contribution in [0.3, 0.4) is 0 Å². The zero-order chi connectivity index (χ0) is 16.2. The molecule has 1 aromatic carbocycles. The summed E-state index contributed by atoms with van der Waals surface area (Å²) >= 11 is 0. The number of hydrogen-bond donors (Lipinski definition) is 1. The van der Waals surface area contributed by atoms with Gasteiger partial charge in [0.25, 0.3) is 0 Å². The van der Waals surface area contributed by atoms with E-state index in [0.29, 0.717) is 25.5 Å². The normalized spacial score (nSPS) is 20.7. The minimum absolute atomic E-state index is 0.0420. The molecule has 0 spiro atoms. The number of aryl methyl sites for hydroxylation is 1. The zero-order valence-electron chi connectivity index (χ0n) is 13.2. The van der Waals surface area contributed by atoms with Gasteiger partial charge in [0.05, 0.1) is 38.8 Å². The Morgan fingerprint density at radius 2 is 2.30 bits per heavy atom. The summed E-state index contributed by atoms with van der Waals surface area (Å²) in [6.45, 7) is 1.61. The Kier molecular flexibility index (Phi) is 4.78. The van der Waals surface area contributed by atoms with Crippen molar-refractivity contribution >= 4 is 0 Å². The van der Waals surface area contributed by atoms with Crippen molar-refractivity contribution in [3.05, 3.63) is 42.0 Å². The molecule has 1 aliphatic rings. The fraction of sp³-hybridized carbons (Fsp3) is 0.438. The highest BCUT2D eigenvalue weighted by Crippen LogP contribution is 2.19. The second kappa shape index (κ2) is 6.97. The molecule has 0 unspecified atom stereocenters. The van der Waals surface area contributed by atoms with Gasteiger partial charge in [-0.3, -0.25) is 4.68 Å². The van der Waals surface area contributed by atoms with Crippen LogP contribution in [0.15, 0.2) is 30.6 Å². The molecule has 23 heavy (non-hydrogen) atoms. The smallest absolute Gasteiger partial charge is 0.165 e. The molecule has 0 radical (unpaired) electrons. The highest BCUT2D eigenvalue weighted by Gasteiger charge is 2.30. The summed E-state index contributed by atoms with van der Waals surface area (Å²) in [7, 11) is 3.29. The van der Waals surface area contributed by atoms with Gasteiger partial charge in [-0.15, -0.1) is 0 Å². The van der Waals surface area contributed by atoms with Crippen molar-refractivity contribution in [2.45, 2.75) is 18.7 Å². The van der Waals surface area contributed by atoms with E-state index in [9.17, 15) is 4.39 Å². The van der Waals surface area contributed by atoms with E-state index in [1.54, 1.807) is 16.9 Å². The van der Waals surface area contributed by atoms with Gasteiger partial charge in [-0.1, -0.05) is 6.07 Å². The lowest BCUT2D eigenvalue weighted by molar-refractivity contribution is 0.139. The Balaban J connectivity index is 1.57. The lowest BCUT2D eigenvalue weighted by atomic mass is 10.1. The van der Waals surface area contributed by atoms with E-state index in [-0.39, 0.29) is 23.7 Å². The predicted octanol–water partition coefficient (Wildman–Crippen LogP) is 1.50. The first kappa shape index (κ1) is 15.8. The Bertz CT molecular complexity index is 662. The van der Waals surface area contributed by atoms with Gasteiger partial charge >= 0.3 is 0 Å². The van der Waals surface area contributed by atoms with Crippen LogP contribution in [0.25, 0.3) is 0 Å². The number of nitrogens with one attached hydrogen (secondary N) is 1. The van der Waals surface area contributed by atoms with Crippen LogP contribution in [0, 0.1) is 5.82 Å². The Hall–Kier alpha value is -2.12. The molecule has 1 aliphatic heterocycles. The summed E-state index contributed by atoms with van der Waals surface area (Å²) in [5, 5.41) is 7.44. The molecule has 7 heteroatoms. The summed E-state index contributed by atoms with van der Waals surface area (Å²) in [4.78, 5) is 0. The number of methoxy groups -OCH3 is 1. The van der Waals surface area contributed by atoms with Gasteiger partial charge in [-0.2, -0.15) is 5.10 Å². The average Bonchev–Trinajstić information content (AvgIpc) is 3.15.